The Bertz CT molecular complexity index is 511. The van der Waals surface area contributed by atoms with Gasteiger partial charge >= 0.3 is 188 Å². The molecule has 0 aromatic heterocycles. The van der Waals surface area contributed by atoms with Crippen LogP contribution >= 0.6 is 0 Å². The Morgan fingerprint density at radius 2 is 0.500 bits per heavy atom. The molecule has 1 saturated heterocycles. The molecule has 1 heterocycles. The first-order valence-corrected chi connectivity index (χ1v) is 24.4. The average molecular weight is 506 g/mol. The Balaban J connectivity index is 4.44. The van der Waals surface area contributed by atoms with Gasteiger partial charge in [-0.15, -0.1) is 0 Å². The molecule has 1 fully saturated rings. The summed E-state index contributed by atoms with van der Waals surface area (Å²) in [4.78, 5) is 0. The molecule has 1 rings (SSSR count). The predicted octanol–water partition coefficient (Wildman–Crippen LogP) is 9.00. The van der Waals surface area contributed by atoms with Crippen LogP contribution in [0.25, 0.3) is 0 Å². The van der Waals surface area contributed by atoms with E-state index in [2.05, 4.69) is 125 Å². The topological polar surface area (TPSA) is 0 Å². The maximum absolute atomic E-state index is 2.69. The average Bonchev–Trinajstić information content (AvgIpc) is 2.13. The van der Waals surface area contributed by atoms with Crippen molar-refractivity contribution in [1.82, 2.24) is 0 Å². The van der Waals surface area contributed by atoms with Gasteiger partial charge in [-0.2, -0.15) is 0 Å². The Hall–Kier alpha value is 1.17. The van der Waals surface area contributed by atoms with E-state index in [1.54, 1.807) is 0 Å². The molecule has 0 aliphatic carbocycles. The molecule has 4 heteroatoms. The zero-order chi connectivity index (χ0) is 23.2. The van der Waals surface area contributed by atoms with Crippen LogP contribution in [0.3, 0.4) is 0 Å². The summed E-state index contributed by atoms with van der Waals surface area (Å²) in [5.41, 5.74) is 0. The Morgan fingerprint density at radius 1 is 0.321 bits per heavy atom. The first-order valence-electron chi connectivity index (χ1n) is 11.4. The zero-order valence-corrected chi connectivity index (χ0v) is 27.6. The molecule has 0 N–H and O–H groups in total. The third kappa shape index (κ3) is 2.97. The minimum absolute atomic E-state index is 0.449. The maximum atomic E-state index is 2.69. The van der Waals surface area contributed by atoms with Crippen LogP contribution in [0.5, 0.6) is 0 Å². The van der Waals surface area contributed by atoms with Gasteiger partial charge < -0.3 is 0 Å². The number of rotatable bonds is 0. The van der Waals surface area contributed by atoms with Gasteiger partial charge in [0, 0.05) is 0 Å². The van der Waals surface area contributed by atoms with Crippen LogP contribution < -0.4 is 0 Å². The molecule has 28 heavy (non-hydrogen) atoms. The molecule has 0 nitrogen and oxygen atoms in total. The van der Waals surface area contributed by atoms with Crippen LogP contribution in [0.1, 0.15) is 125 Å². The molecule has 0 amide bonds. The number of hydrogen-bond acceptors (Lipinski definition) is 0. The molecule has 0 atom stereocenters. The molecular weight excluding hydrogens is 451 g/mol. The molecule has 0 saturated carbocycles. The summed E-state index contributed by atoms with van der Waals surface area (Å²) >= 11 is 0.847. The molecule has 0 bridgehead atoms. The normalized spacial score (nSPS) is 23.4. The molecule has 0 unspecified atom stereocenters. The first-order chi connectivity index (χ1) is 11.7. The molecule has 0 aromatic rings. The standard InChI is InChI=1S/C24H54SeSi3/c1-19(2,3)26(20(4,5)6)25-27(21(7,8)9,22(10,11)12)28(26,23(13,14)15)24(16,17)18/h1-18H3. The quantitative estimate of drug-likeness (QED) is 0.288. The predicted molar refractivity (Wildman–Crippen MR) is 141 cm³/mol. The van der Waals surface area contributed by atoms with Crippen molar-refractivity contribution < 1.29 is 0 Å². The molecular formula is C24H54SeSi3. The van der Waals surface area contributed by atoms with Gasteiger partial charge in [-0.3, -0.25) is 0 Å². The molecule has 0 aromatic carbocycles. The minimum atomic E-state index is -1.74. The summed E-state index contributed by atoms with van der Waals surface area (Å²) in [5, 5.41) is 2.81. The molecule has 1 aliphatic heterocycles. The molecule has 168 valence electrons. The van der Waals surface area contributed by atoms with Gasteiger partial charge in [-0.1, -0.05) is 0 Å². The van der Waals surface area contributed by atoms with Crippen molar-refractivity contribution in [3.63, 3.8) is 0 Å². The van der Waals surface area contributed by atoms with Crippen LogP contribution in [-0.2, 0) is 0 Å². The summed E-state index contributed by atoms with van der Waals surface area (Å²) in [5.74, 6) is 0. The fourth-order valence-corrected chi connectivity index (χ4v) is 173. The summed E-state index contributed by atoms with van der Waals surface area (Å²) in [6.45, 7) is 48.1. The van der Waals surface area contributed by atoms with Crippen LogP contribution in [-0.4, -0.2) is 33.2 Å². The summed E-state index contributed by atoms with van der Waals surface area (Å²) in [6, 6.07) is 0. The summed E-state index contributed by atoms with van der Waals surface area (Å²) < 4.78 is 0. The molecule has 0 radical (unpaired) electrons. The van der Waals surface area contributed by atoms with E-state index in [-0.39, 0.29) is 0 Å². The third-order valence-corrected chi connectivity index (χ3v) is 112. The van der Waals surface area contributed by atoms with Gasteiger partial charge in [0.15, 0.2) is 0 Å². The Morgan fingerprint density at radius 3 is 0.607 bits per heavy atom. The summed E-state index contributed by atoms with van der Waals surface area (Å²) in [6.07, 6.45) is -3.18. The summed E-state index contributed by atoms with van der Waals surface area (Å²) in [7, 11) is -1.74. The first kappa shape index (κ1) is 27.2. The zero-order valence-electron chi connectivity index (χ0n) is 22.9. The van der Waals surface area contributed by atoms with Gasteiger partial charge in [-0.05, 0) is 0 Å². The Kier molecular flexibility index (Phi) is 6.40. The Labute approximate surface area is 187 Å². The van der Waals surface area contributed by atoms with E-state index in [1.165, 1.54) is 0 Å². The van der Waals surface area contributed by atoms with Crippen molar-refractivity contribution in [2.24, 2.45) is 0 Å². The fraction of sp³-hybridized carbons (Fsp3) is 1.00. The van der Waals surface area contributed by atoms with Gasteiger partial charge in [0.1, 0.15) is 0 Å². The molecule has 0 spiro atoms. The van der Waals surface area contributed by atoms with Crippen molar-refractivity contribution in [1.29, 1.82) is 0 Å². The van der Waals surface area contributed by atoms with Crippen molar-refractivity contribution >= 4 is 33.2 Å². The van der Waals surface area contributed by atoms with Gasteiger partial charge in [0.2, 0.25) is 0 Å². The second-order valence-electron chi connectivity index (χ2n) is 15.7. The van der Waals surface area contributed by atoms with Crippen molar-refractivity contribution in [3.8, 4) is 0 Å². The second-order valence-corrected chi connectivity index (χ2v) is 56.7. The van der Waals surface area contributed by atoms with Crippen molar-refractivity contribution in [3.05, 3.63) is 0 Å². The second kappa shape index (κ2) is 6.59. The SMILES string of the molecule is CC(C)(C)[Si]1(C(C)(C)C)[Se][Si](C(C)(C)C)(C(C)(C)C)[Si]1(C(C)(C)C)C(C)(C)C. The van der Waals surface area contributed by atoms with Gasteiger partial charge in [0.25, 0.3) is 0 Å². The van der Waals surface area contributed by atoms with Crippen molar-refractivity contribution in [2.45, 2.75) is 155 Å². The fourth-order valence-electron chi connectivity index (χ4n) is 8.93. The van der Waals surface area contributed by atoms with E-state index in [1.807, 2.05) is 0 Å². The van der Waals surface area contributed by atoms with E-state index in [0.717, 1.165) is 13.7 Å². The van der Waals surface area contributed by atoms with Crippen molar-refractivity contribution in [2.75, 3.05) is 0 Å². The number of hydrogen-bond donors (Lipinski definition) is 0. The van der Waals surface area contributed by atoms with Crippen LogP contribution in [0.2, 0.25) is 30.2 Å². The van der Waals surface area contributed by atoms with E-state index >= 15 is 0 Å². The molecule has 1 aliphatic rings. The van der Waals surface area contributed by atoms with Crippen LogP contribution in [0, 0.1) is 0 Å². The third-order valence-electron chi connectivity index (χ3n) is 7.84. The van der Waals surface area contributed by atoms with Crippen LogP contribution in [0.4, 0.5) is 0 Å². The van der Waals surface area contributed by atoms with Gasteiger partial charge in [-0.25, -0.2) is 0 Å². The van der Waals surface area contributed by atoms with E-state index in [4.69, 9.17) is 0 Å². The van der Waals surface area contributed by atoms with Crippen LogP contribution in [0.15, 0.2) is 0 Å². The van der Waals surface area contributed by atoms with E-state index in [0.29, 0.717) is 30.2 Å². The van der Waals surface area contributed by atoms with E-state index < -0.39 is 19.5 Å². The van der Waals surface area contributed by atoms with E-state index in [9.17, 15) is 0 Å². The van der Waals surface area contributed by atoms with Gasteiger partial charge in [0.05, 0.1) is 0 Å². The monoisotopic (exact) mass is 506 g/mol.